The molecule has 7 heteroatoms. The molecule has 2 N–H and O–H groups in total. The number of hydrogen-bond acceptors (Lipinski definition) is 3. The molecule has 3 aromatic rings. The number of aromatic amines is 1. The summed E-state index contributed by atoms with van der Waals surface area (Å²) in [5.41, 5.74) is 3.90. The molecule has 0 spiro atoms. The molecule has 6 nitrogen and oxygen atoms in total. The first kappa shape index (κ1) is 18.7. The summed E-state index contributed by atoms with van der Waals surface area (Å²) < 4.78 is 15.3. The van der Waals surface area contributed by atoms with Crippen molar-refractivity contribution in [2.45, 2.75) is 38.8 Å². The second-order valence-corrected chi connectivity index (χ2v) is 7.83. The summed E-state index contributed by atoms with van der Waals surface area (Å²) in [5.74, 6) is -0.528. The van der Waals surface area contributed by atoms with Gasteiger partial charge in [0.1, 0.15) is 5.82 Å². The van der Waals surface area contributed by atoms with Gasteiger partial charge >= 0.3 is 0 Å². The average molecular weight is 383 g/mol. The molecule has 2 aromatic heterocycles. The van der Waals surface area contributed by atoms with Gasteiger partial charge in [-0.1, -0.05) is 0 Å². The lowest BCUT2D eigenvalue weighted by molar-refractivity contribution is -0.123. The predicted octanol–water partition coefficient (Wildman–Crippen LogP) is 2.71. The third-order valence-electron chi connectivity index (χ3n) is 5.53. The van der Waals surface area contributed by atoms with Gasteiger partial charge < -0.3 is 10.3 Å². The van der Waals surface area contributed by atoms with Crippen molar-refractivity contribution in [2.75, 3.05) is 13.1 Å². The van der Waals surface area contributed by atoms with E-state index in [4.69, 9.17) is 0 Å². The lowest BCUT2D eigenvalue weighted by Gasteiger charge is -2.34. The zero-order valence-electron chi connectivity index (χ0n) is 16.5. The number of amides is 1. The Hall–Kier alpha value is -2.67. The number of H-pyrrole nitrogens is 1. The van der Waals surface area contributed by atoms with Crippen LogP contribution in [0, 0.1) is 5.82 Å². The maximum Gasteiger partial charge on any atom is 0.230 e. The van der Waals surface area contributed by atoms with E-state index in [2.05, 4.69) is 34.1 Å². The summed E-state index contributed by atoms with van der Waals surface area (Å²) in [4.78, 5) is 18.4. The van der Waals surface area contributed by atoms with Crippen LogP contribution in [0.1, 0.15) is 36.6 Å². The largest absolute Gasteiger partial charge is 0.361 e. The highest BCUT2D eigenvalue weighted by Crippen LogP contribution is 2.28. The Bertz CT molecular complexity index is 1010. The molecule has 0 aliphatic carbocycles. The fourth-order valence-electron chi connectivity index (χ4n) is 3.98. The number of aromatic nitrogens is 3. The number of carbonyl (C=O) groups excluding carboxylic acids is 1. The molecule has 4 rings (SSSR count). The van der Waals surface area contributed by atoms with Crippen LogP contribution in [0.3, 0.4) is 0 Å². The van der Waals surface area contributed by atoms with Crippen LogP contribution < -0.4 is 5.32 Å². The van der Waals surface area contributed by atoms with Gasteiger partial charge in [0.05, 0.1) is 11.6 Å². The first-order valence-electron chi connectivity index (χ1n) is 9.72. The molecule has 0 fully saturated rings. The second kappa shape index (κ2) is 7.39. The average Bonchev–Trinajstić information content (AvgIpc) is 3.22. The normalized spacial score (nSPS) is 17.2. The molecule has 1 aliphatic rings. The van der Waals surface area contributed by atoms with E-state index in [9.17, 15) is 9.18 Å². The highest BCUT2D eigenvalue weighted by atomic mass is 19.1. The number of rotatable bonds is 5. The quantitative estimate of drug-likeness (QED) is 0.712. The lowest BCUT2D eigenvalue weighted by atomic mass is 9.94. The van der Waals surface area contributed by atoms with E-state index >= 15 is 0 Å². The van der Waals surface area contributed by atoms with Crippen molar-refractivity contribution in [3.05, 3.63) is 53.2 Å². The fraction of sp³-hybridized carbons (Fsp3) is 0.429. The third kappa shape index (κ3) is 3.54. The maximum atomic E-state index is 13.5. The van der Waals surface area contributed by atoms with E-state index in [0.717, 1.165) is 34.3 Å². The summed E-state index contributed by atoms with van der Waals surface area (Å²) >= 11 is 0. The minimum atomic E-state index is -0.271. The van der Waals surface area contributed by atoms with Gasteiger partial charge in [-0.05, 0) is 44.0 Å². The van der Waals surface area contributed by atoms with Gasteiger partial charge in [-0.3, -0.25) is 14.4 Å². The van der Waals surface area contributed by atoms with Crippen molar-refractivity contribution in [1.82, 2.24) is 25.0 Å². The van der Waals surface area contributed by atoms with Crippen molar-refractivity contribution in [3.63, 3.8) is 0 Å². The van der Waals surface area contributed by atoms with Crippen LogP contribution in [0.25, 0.3) is 10.9 Å². The molecule has 0 saturated carbocycles. The molecule has 1 amide bonds. The minimum absolute atomic E-state index is 0.00341. The van der Waals surface area contributed by atoms with Crippen molar-refractivity contribution < 1.29 is 9.18 Å². The summed E-state index contributed by atoms with van der Waals surface area (Å²) in [6, 6.07) is 5.07. The standard InChI is InChI=1S/C21H26FN5O/c1-13(2)27-11-15-10-26(3)25-20(15)18(12-27)21(28)23-7-6-14-9-24-19-5-4-16(22)8-17(14)19/h4-5,8-10,13,18,24H,6-7,11-12H2,1-3H3,(H,23,28). The SMILES string of the molecule is CC(C)N1Cc2cn(C)nc2C(C(=O)NCCc2c[nH]c3ccc(F)cc23)C1. The summed E-state index contributed by atoms with van der Waals surface area (Å²) in [5, 5.41) is 8.46. The zero-order chi connectivity index (χ0) is 19.8. The van der Waals surface area contributed by atoms with Gasteiger partial charge in [0.25, 0.3) is 0 Å². The Labute approximate surface area is 163 Å². The van der Waals surface area contributed by atoms with E-state index in [1.54, 1.807) is 10.7 Å². The number of nitrogens with one attached hydrogen (secondary N) is 2. The Morgan fingerprint density at radius 2 is 2.25 bits per heavy atom. The van der Waals surface area contributed by atoms with Crippen molar-refractivity contribution in [3.8, 4) is 0 Å². The van der Waals surface area contributed by atoms with Crippen LogP contribution in [0.2, 0.25) is 0 Å². The van der Waals surface area contributed by atoms with Crippen LogP contribution in [0.4, 0.5) is 4.39 Å². The number of hydrogen-bond donors (Lipinski definition) is 2. The molecule has 1 unspecified atom stereocenters. The predicted molar refractivity (Wildman–Crippen MR) is 106 cm³/mol. The van der Waals surface area contributed by atoms with Gasteiger partial charge in [-0.15, -0.1) is 0 Å². The van der Waals surface area contributed by atoms with Gasteiger partial charge in [-0.2, -0.15) is 5.10 Å². The number of aryl methyl sites for hydroxylation is 1. The molecule has 3 heterocycles. The first-order valence-corrected chi connectivity index (χ1v) is 9.72. The van der Waals surface area contributed by atoms with E-state index in [-0.39, 0.29) is 17.6 Å². The first-order chi connectivity index (χ1) is 13.4. The Kier molecular flexibility index (Phi) is 4.93. The Balaban J connectivity index is 1.45. The van der Waals surface area contributed by atoms with Crippen molar-refractivity contribution >= 4 is 16.8 Å². The summed E-state index contributed by atoms with van der Waals surface area (Å²) in [7, 11) is 1.89. The van der Waals surface area contributed by atoms with Gasteiger partial charge in [0, 0.05) is 61.6 Å². The summed E-state index contributed by atoms with van der Waals surface area (Å²) in [6.45, 7) is 6.29. The van der Waals surface area contributed by atoms with Gasteiger partial charge in [0.15, 0.2) is 0 Å². The van der Waals surface area contributed by atoms with E-state index < -0.39 is 0 Å². The number of benzene rings is 1. The van der Waals surface area contributed by atoms with E-state index in [0.29, 0.717) is 25.6 Å². The van der Waals surface area contributed by atoms with Crippen LogP contribution in [0.5, 0.6) is 0 Å². The van der Waals surface area contributed by atoms with Crippen LogP contribution in [0.15, 0.2) is 30.6 Å². The number of nitrogens with zero attached hydrogens (tertiary/aromatic N) is 3. The highest BCUT2D eigenvalue weighted by molar-refractivity contribution is 5.85. The second-order valence-electron chi connectivity index (χ2n) is 7.83. The molecular formula is C21H26FN5O. The van der Waals surface area contributed by atoms with Crippen molar-refractivity contribution in [2.24, 2.45) is 7.05 Å². The van der Waals surface area contributed by atoms with Crippen LogP contribution >= 0.6 is 0 Å². The molecule has 0 radical (unpaired) electrons. The number of halogens is 1. The van der Waals surface area contributed by atoms with Crippen LogP contribution in [-0.4, -0.2) is 44.7 Å². The van der Waals surface area contributed by atoms with Crippen LogP contribution in [-0.2, 0) is 24.8 Å². The van der Waals surface area contributed by atoms with Gasteiger partial charge in [-0.25, -0.2) is 4.39 Å². The van der Waals surface area contributed by atoms with Gasteiger partial charge in [0.2, 0.25) is 5.91 Å². The number of carbonyl (C=O) groups is 1. The molecule has 1 aliphatic heterocycles. The number of fused-ring (bicyclic) bond motifs is 2. The topological polar surface area (TPSA) is 66.0 Å². The molecule has 1 atom stereocenters. The van der Waals surface area contributed by atoms with E-state index in [1.807, 2.05) is 19.4 Å². The smallest absolute Gasteiger partial charge is 0.230 e. The Morgan fingerprint density at radius 1 is 1.43 bits per heavy atom. The highest BCUT2D eigenvalue weighted by Gasteiger charge is 2.33. The fourth-order valence-corrected chi connectivity index (χ4v) is 3.98. The Morgan fingerprint density at radius 3 is 3.04 bits per heavy atom. The van der Waals surface area contributed by atoms with E-state index in [1.165, 1.54) is 12.1 Å². The lowest BCUT2D eigenvalue weighted by Crippen LogP contribution is -2.44. The zero-order valence-corrected chi connectivity index (χ0v) is 16.5. The molecule has 28 heavy (non-hydrogen) atoms. The molecule has 0 saturated heterocycles. The summed E-state index contributed by atoms with van der Waals surface area (Å²) in [6.07, 6.45) is 4.53. The monoisotopic (exact) mass is 383 g/mol. The molecule has 1 aromatic carbocycles. The van der Waals surface area contributed by atoms with Crippen molar-refractivity contribution in [1.29, 1.82) is 0 Å². The molecular weight excluding hydrogens is 357 g/mol. The minimum Gasteiger partial charge on any atom is -0.361 e. The molecule has 0 bridgehead atoms. The third-order valence-corrected chi connectivity index (χ3v) is 5.53. The maximum absolute atomic E-state index is 13.5. The molecule has 148 valence electrons.